The molecule has 0 radical (unpaired) electrons. The van der Waals surface area contributed by atoms with Gasteiger partial charge in [0, 0.05) is 33.9 Å². The highest BCUT2D eigenvalue weighted by molar-refractivity contribution is 14.0. The minimum absolute atomic E-state index is 0. The van der Waals surface area contributed by atoms with Gasteiger partial charge in [0.15, 0.2) is 5.96 Å². The van der Waals surface area contributed by atoms with Crippen LogP contribution in [-0.2, 0) is 22.6 Å². The van der Waals surface area contributed by atoms with Crippen molar-refractivity contribution in [2.45, 2.75) is 58.8 Å². The fraction of sp³-hybridized carbons (Fsp3) is 0.667. The Morgan fingerprint density at radius 1 is 1.15 bits per heavy atom. The SMILES string of the molecule is CN=C(NCc1ccc(COC(C)C)cc1)NCC1(CCOC)CCC1.I. The van der Waals surface area contributed by atoms with Crippen molar-refractivity contribution in [1.29, 1.82) is 0 Å². The van der Waals surface area contributed by atoms with Crippen LogP contribution in [0.2, 0.25) is 0 Å². The maximum Gasteiger partial charge on any atom is 0.191 e. The Bertz CT molecular complexity index is 557. The van der Waals surface area contributed by atoms with E-state index in [1.807, 2.05) is 7.05 Å². The number of nitrogens with zero attached hydrogens (tertiary/aromatic N) is 1. The maximum absolute atomic E-state index is 5.64. The molecule has 0 bridgehead atoms. The largest absolute Gasteiger partial charge is 0.385 e. The molecule has 1 fully saturated rings. The molecule has 0 atom stereocenters. The first-order valence-corrected chi connectivity index (χ1v) is 9.70. The molecule has 1 saturated carbocycles. The van der Waals surface area contributed by atoms with Gasteiger partial charge in [-0.1, -0.05) is 30.7 Å². The van der Waals surface area contributed by atoms with Crippen LogP contribution in [0.5, 0.6) is 0 Å². The van der Waals surface area contributed by atoms with Crippen molar-refractivity contribution in [2.75, 3.05) is 27.3 Å². The summed E-state index contributed by atoms with van der Waals surface area (Å²) in [5.41, 5.74) is 2.82. The van der Waals surface area contributed by atoms with Crippen LogP contribution in [0.25, 0.3) is 0 Å². The Labute approximate surface area is 181 Å². The smallest absolute Gasteiger partial charge is 0.191 e. The van der Waals surface area contributed by atoms with Crippen molar-refractivity contribution in [3.05, 3.63) is 35.4 Å². The van der Waals surface area contributed by atoms with Crippen molar-refractivity contribution in [3.8, 4) is 0 Å². The summed E-state index contributed by atoms with van der Waals surface area (Å²) in [4.78, 5) is 4.35. The Balaban J connectivity index is 0.00000364. The van der Waals surface area contributed by atoms with Crippen molar-refractivity contribution in [2.24, 2.45) is 10.4 Å². The van der Waals surface area contributed by atoms with Gasteiger partial charge >= 0.3 is 0 Å². The van der Waals surface area contributed by atoms with E-state index in [1.54, 1.807) is 7.11 Å². The number of aliphatic imine (C=N–C) groups is 1. The first-order valence-electron chi connectivity index (χ1n) is 9.70. The van der Waals surface area contributed by atoms with Crippen molar-refractivity contribution >= 4 is 29.9 Å². The van der Waals surface area contributed by atoms with Crippen LogP contribution in [0.3, 0.4) is 0 Å². The highest BCUT2D eigenvalue weighted by Crippen LogP contribution is 2.43. The van der Waals surface area contributed by atoms with Gasteiger partial charge in [-0.3, -0.25) is 4.99 Å². The van der Waals surface area contributed by atoms with E-state index >= 15 is 0 Å². The second kappa shape index (κ2) is 12.6. The maximum atomic E-state index is 5.64. The van der Waals surface area contributed by atoms with Crippen LogP contribution in [0.1, 0.15) is 50.7 Å². The average molecular weight is 489 g/mol. The number of benzene rings is 1. The van der Waals surface area contributed by atoms with E-state index in [2.05, 4.69) is 53.7 Å². The Morgan fingerprint density at radius 3 is 2.33 bits per heavy atom. The van der Waals surface area contributed by atoms with E-state index in [-0.39, 0.29) is 30.1 Å². The Morgan fingerprint density at radius 2 is 1.81 bits per heavy atom. The van der Waals surface area contributed by atoms with E-state index in [9.17, 15) is 0 Å². The topological polar surface area (TPSA) is 54.9 Å². The normalized spacial score (nSPS) is 15.8. The fourth-order valence-electron chi connectivity index (χ4n) is 3.20. The predicted octanol–water partition coefficient (Wildman–Crippen LogP) is 4.10. The molecule has 154 valence electrons. The van der Waals surface area contributed by atoms with Gasteiger partial charge in [0.2, 0.25) is 0 Å². The Hall–Kier alpha value is -0.860. The quantitative estimate of drug-likeness (QED) is 0.295. The van der Waals surface area contributed by atoms with Crippen LogP contribution in [0, 0.1) is 5.41 Å². The molecular weight excluding hydrogens is 453 g/mol. The number of halogens is 1. The van der Waals surface area contributed by atoms with Gasteiger partial charge < -0.3 is 20.1 Å². The zero-order valence-corrected chi connectivity index (χ0v) is 19.5. The minimum atomic E-state index is 0. The molecule has 2 N–H and O–H groups in total. The van der Waals surface area contributed by atoms with Crippen LogP contribution < -0.4 is 10.6 Å². The van der Waals surface area contributed by atoms with E-state index in [1.165, 1.54) is 30.4 Å². The standard InChI is InChI=1S/C21H35N3O2.HI/c1-17(2)26-15-19-8-6-18(7-9-19)14-23-20(22-3)24-16-21(10-5-11-21)12-13-25-4;/h6-9,17H,5,10-16H2,1-4H3,(H2,22,23,24);1H. The molecule has 6 heteroatoms. The van der Waals surface area contributed by atoms with E-state index in [4.69, 9.17) is 9.47 Å². The molecule has 0 amide bonds. The number of ether oxygens (including phenoxy) is 2. The monoisotopic (exact) mass is 489 g/mol. The molecule has 1 aromatic carbocycles. The summed E-state index contributed by atoms with van der Waals surface area (Å²) in [7, 11) is 3.60. The molecule has 2 rings (SSSR count). The highest BCUT2D eigenvalue weighted by Gasteiger charge is 2.36. The molecule has 0 spiro atoms. The second-order valence-electron chi connectivity index (χ2n) is 7.55. The summed E-state index contributed by atoms with van der Waals surface area (Å²) in [6.07, 6.45) is 5.26. The number of methoxy groups -OCH3 is 1. The number of hydrogen-bond donors (Lipinski definition) is 2. The summed E-state index contributed by atoms with van der Waals surface area (Å²) in [6, 6.07) is 8.55. The highest BCUT2D eigenvalue weighted by atomic mass is 127. The lowest BCUT2D eigenvalue weighted by Gasteiger charge is -2.42. The molecule has 0 aromatic heterocycles. The van der Waals surface area contributed by atoms with Crippen LogP contribution in [-0.4, -0.2) is 39.4 Å². The van der Waals surface area contributed by atoms with Crippen LogP contribution in [0.15, 0.2) is 29.3 Å². The zero-order chi connectivity index (χ0) is 18.8. The van der Waals surface area contributed by atoms with Gasteiger partial charge in [0.1, 0.15) is 0 Å². The van der Waals surface area contributed by atoms with E-state index in [0.29, 0.717) is 12.0 Å². The second-order valence-corrected chi connectivity index (χ2v) is 7.55. The third-order valence-corrected chi connectivity index (χ3v) is 5.17. The van der Waals surface area contributed by atoms with Crippen molar-refractivity contribution in [3.63, 3.8) is 0 Å². The molecule has 5 nitrogen and oxygen atoms in total. The lowest BCUT2D eigenvalue weighted by atomic mass is 9.67. The van der Waals surface area contributed by atoms with Crippen molar-refractivity contribution in [1.82, 2.24) is 10.6 Å². The zero-order valence-electron chi connectivity index (χ0n) is 17.2. The third kappa shape index (κ3) is 8.35. The Kier molecular flexibility index (Phi) is 11.3. The number of nitrogens with one attached hydrogen (secondary N) is 2. The summed E-state index contributed by atoms with van der Waals surface area (Å²) >= 11 is 0. The van der Waals surface area contributed by atoms with E-state index in [0.717, 1.165) is 32.1 Å². The fourth-order valence-corrected chi connectivity index (χ4v) is 3.20. The minimum Gasteiger partial charge on any atom is -0.385 e. The number of rotatable bonds is 10. The first kappa shape index (κ1) is 24.2. The molecule has 1 aliphatic rings. The van der Waals surface area contributed by atoms with Gasteiger partial charge in [0.25, 0.3) is 0 Å². The lowest BCUT2D eigenvalue weighted by Crippen LogP contribution is -2.46. The molecule has 0 aliphatic heterocycles. The molecule has 0 saturated heterocycles. The molecule has 1 aromatic rings. The summed E-state index contributed by atoms with van der Waals surface area (Å²) in [5, 5.41) is 6.91. The molecule has 27 heavy (non-hydrogen) atoms. The molecule has 1 aliphatic carbocycles. The number of guanidine groups is 1. The summed E-state index contributed by atoms with van der Waals surface area (Å²) in [5.74, 6) is 0.862. The first-order chi connectivity index (χ1) is 12.6. The van der Waals surface area contributed by atoms with Gasteiger partial charge in [-0.05, 0) is 49.7 Å². The van der Waals surface area contributed by atoms with Gasteiger partial charge in [0.05, 0.1) is 12.7 Å². The lowest BCUT2D eigenvalue weighted by molar-refractivity contribution is 0.0657. The van der Waals surface area contributed by atoms with Gasteiger partial charge in [-0.15, -0.1) is 24.0 Å². The van der Waals surface area contributed by atoms with Crippen LogP contribution in [0.4, 0.5) is 0 Å². The average Bonchev–Trinajstić information content (AvgIpc) is 2.62. The van der Waals surface area contributed by atoms with Crippen LogP contribution >= 0.6 is 24.0 Å². The summed E-state index contributed by atoms with van der Waals surface area (Å²) < 4.78 is 10.9. The van der Waals surface area contributed by atoms with E-state index < -0.39 is 0 Å². The third-order valence-electron chi connectivity index (χ3n) is 5.17. The molecular formula is C21H36IN3O2. The van der Waals surface area contributed by atoms with Gasteiger partial charge in [-0.25, -0.2) is 0 Å². The number of hydrogen-bond acceptors (Lipinski definition) is 3. The molecule has 0 heterocycles. The van der Waals surface area contributed by atoms with Gasteiger partial charge in [-0.2, -0.15) is 0 Å². The summed E-state index contributed by atoms with van der Waals surface area (Å²) in [6.45, 7) is 7.33. The molecule has 0 unspecified atom stereocenters. The predicted molar refractivity (Wildman–Crippen MR) is 123 cm³/mol. The van der Waals surface area contributed by atoms with Crippen molar-refractivity contribution < 1.29 is 9.47 Å².